The van der Waals surface area contributed by atoms with Crippen LogP contribution in [0.2, 0.25) is 0 Å². The van der Waals surface area contributed by atoms with E-state index in [0.717, 1.165) is 0 Å². The molecule has 0 saturated heterocycles. The Morgan fingerprint density at radius 1 is 1.30 bits per heavy atom. The molecule has 0 saturated carbocycles. The minimum Gasteiger partial charge on any atom is -0.389 e. The maximum atomic E-state index is 11.5. The normalized spacial score (nSPS) is 15.6. The summed E-state index contributed by atoms with van der Waals surface area (Å²) < 4.78 is 5.35. The van der Waals surface area contributed by atoms with Gasteiger partial charge in [-0.05, 0) is 46.6 Å². The molecule has 0 spiro atoms. The molecule has 132 valence electrons. The summed E-state index contributed by atoms with van der Waals surface area (Å²) >= 11 is 0. The fourth-order valence-corrected chi connectivity index (χ4v) is 1.65. The van der Waals surface area contributed by atoms with Crippen LogP contribution >= 0.6 is 0 Å². The Balaban J connectivity index is 3.90. The maximum Gasteiger partial charge on any atom is 0.243 e. The number of aliphatic hydroxyl groups excluding tert-OH is 1. The van der Waals surface area contributed by atoms with Crippen LogP contribution in [0.4, 0.5) is 0 Å². The van der Waals surface area contributed by atoms with Gasteiger partial charge in [-0.25, -0.2) is 0 Å². The van der Waals surface area contributed by atoms with Crippen molar-refractivity contribution in [3.63, 3.8) is 0 Å². The minimum absolute atomic E-state index is 0.0622. The van der Waals surface area contributed by atoms with E-state index < -0.39 is 11.7 Å². The third-order valence-electron chi connectivity index (χ3n) is 2.85. The van der Waals surface area contributed by atoms with Crippen LogP contribution < -0.4 is 5.32 Å². The van der Waals surface area contributed by atoms with Crippen molar-refractivity contribution in [2.45, 2.75) is 58.3 Å². The van der Waals surface area contributed by atoms with E-state index in [9.17, 15) is 15.0 Å². The quantitative estimate of drug-likeness (QED) is 0.401. The molecule has 0 fully saturated rings. The summed E-state index contributed by atoms with van der Waals surface area (Å²) in [6.45, 7) is 8.04. The largest absolute Gasteiger partial charge is 0.389 e. The third-order valence-corrected chi connectivity index (χ3v) is 2.85. The Morgan fingerprint density at radius 2 is 1.96 bits per heavy atom. The van der Waals surface area contributed by atoms with Crippen LogP contribution in [0.3, 0.4) is 0 Å². The summed E-state index contributed by atoms with van der Waals surface area (Å²) in [4.78, 5) is 11.5. The van der Waals surface area contributed by atoms with Gasteiger partial charge in [0.1, 0.15) is 0 Å². The van der Waals surface area contributed by atoms with Crippen LogP contribution in [0.15, 0.2) is 36.5 Å². The van der Waals surface area contributed by atoms with Crippen molar-refractivity contribution in [2.24, 2.45) is 0 Å². The van der Waals surface area contributed by atoms with Crippen LogP contribution in [-0.2, 0) is 9.53 Å². The van der Waals surface area contributed by atoms with Gasteiger partial charge in [-0.1, -0.05) is 30.4 Å². The first-order valence-corrected chi connectivity index (χ1v) is 8.06. The first-order chi connectivity index (χ1) is 10.7. The summed E-state index contributed by atoms with van der Waals surface area (Å²) in [5.74, 6) is -0.245. The number of hydrogen-bond acceptors (Lipinski definition) is 4. The molecule has 1 amide bonds. The van der Waals surface area contributed by atoms with Gasteiger partial charge >= 0.3 is 0 Å². The van der Waals surface area contributed by atoms with E-state index in [1.807, 2.05) is 26.0 Å². The predicted molar refractivity (Wildman–Crippen MR) is 93.1 cm³/mol. The molecular formula is C18H31NO4. The smallest absolute Gasteiger partial charge is 0.243 e. The average Bonchev–Trinajstić information content (AvgIpc) is 2.45. The topological polar surface area (TPSA) is 78.8 Å². The Bertz CT molecular complexity index is 408. The molecule has 0 aliphatic rings. The highest BCUT2D eigenvalue weighted by molar-refractivity contribution is 5.87. The molecule has 0 radical (unpaired) electrons. The summed E-state index contributed by atoms with van der Waals surface area (Å²) in [5.41, 5.74) is -0.919. The number of carbonyl (C=O) groups excluding carboxylic acids is 1. The van der Waals surface area contributed by atoms with E-state index >= 15 is 0 Å². The van der Waals surface area contributed by atoms with E-state index in [1.54, 1.807) is 32.1 Å². The van der Waals surface area contributed by atoms with Crippen LogP contribution in [0.1, 0.15) is 40.5 Å². The Hall–Kier alpha value is -1.43. The third kappa shape index (κ3) is 15.2. The fourth-order valence-electron chi connectivity index (χ4n) is 1.65. The molecule has 0 heterocycles. The molecule has 3 N–H and O–H groups in total. The molecule has 5 heteroatoms. The second kappa shape index (κ2) is 12.0. The van der Waals surface area contributed by atoms with Crippen molar-refractivity contribution in [3.8, 4) is 0 Å². The molecule has 2 atom stereocenters. The number of aliphatic hydroxyl groups is 2. The van der Waals surface area contributed by atoms with Gasteiger partial charge in [0, 0.05) is 13.2 Å². The minimum atomic E-state index is -0.919. The van der Waals surface area contributed by atoms with E-state index in [2.05, 4.69) is 5.32 Å². The van der Waals surface area contributed by atoms with E-state index in [0.29, 0.717) is 19.4 Å². The number of hydrogen-bond donors (Lipinski definition) is 3. The van der Waals surface area contributed by atoms with Gasteiger partial charge < -0.3 is 20.3 Å². The van der Waals surface area contributed by atoms with Crippen LogP contribution in [0.25, 0.3) is 0 Å². The van der Waals surface area contributed by atoms with Crippen molar-refractivity contribution in [2.75, 3.05) is 13.2 Å². The monoisotopic (exact) mass is 325 g/mol. The van der Waals surface area contributed by atoms with Crippen molar-refractivity contribution in [3.05, 3.63) is 36.5 Å². The lowest BCUT2D eigenvalue weighted by atomic mass is 10.1. The van der Waals surface area contributed by atoms with E-state index in [-0.39, 0.29) is 18.6 Å². The van der Waals surface area contributed by atoms with Crippen molar-refractivity contribution in [1.29, 1.82) is 0 Å². The second-order valence-electron chi connectivity index (χ2n) is 6.01. The molecule has 5 nitrogen and oxygen atoms in total. The van der Waals surface area contributed by atoms with Gasteiger partial charge in [-0.15, -0.1) is 0 Å². The van der Waals surface area contributed by atoms with Crippen molar-refractivity contribution < 1.29 is 19.7 Å². The van der Waals surface area contributed by atoms with Gasteiger partial charge in [-0.3, -0.25) is 4.79 Å². The Morgan fingerprint density at radius 3 is 2.57 bits per heavy atom. The highest BCUT2D eigenvalue weighted by Gasteiger charge is 2.12. The number of rotatable bonds is 11. The van der Waals surface area contributed by atoms with E-state index in [1.165, 1.54) is 6.08 Å². The predicted octanol–water partition coefficient (Wildman–Crippen LogP) is 2.11. The van der Waals surface area contributed by atoms with Crippen LogP contribution in [0, 0.1) is 0 Å². The molecule has 0 aromatic rings. The average molecular weight is 325 g/mol. The zero-order valence-electron chi connectivity index (χ0n) is 14.7. The van der Waals surface area contributed by atoms with Crippen LogP contribution in [-0.4, -0.2) is 47.1 Å². The van der Waals surface area contributed by atoms with Gasteiger partial charge in [0.15, 0.2) is 0 Å². The van der Waals surface area contributed by atoms with Crippen molar-refractivity contribution in [1.82, 2.24) is 5.32 Å². The maximum absolute atomic E-state index is 11.5. The molecule has 23 heavy (non-hydrogen) atoms. The lowest BCUT2D eigenvalue weighted by Gasteiger charge is -2.16. The molecule has 0 aromatic carbocycles. The lowest BCUT2D eigenvalue weighted by molar-refractivity contribution is -0.117. The number of allylic oxidation sites excluding steroid dienone is 3. The SMILES string of the molecule is CCOC(C)C=CC=CC(O)CCC=CC(=O)NCC(C)(C)O. The molecule has 0 bridgehead atoms. The van der Waals surface area contributed by atoms with Crippen molar-refractivity contribution >= 4 is 5.91 Å². The highest BCUT2D eigenvalue weighted by atomic mass is 16.5. The molecule has 2 unspecified atom stereocenters. The second-order valence-corrected chi connectivity index (χ2v) is 6.01. The van der Waals surface area contributed by atoms with Gasteiger partial charge in [0.2, 0.25) is 5.91 Å². The number of amides is 1. The lowest BCUT2D eigenvalue weighted by Crippen LogP contribution is -2.37. The molecular weight excluding hydrogens is 294 g/mol. The summed E-state index contributed by atoms with van der Waals surface area (Å²) in [6, 6.07) is 0. The van der Waals surface area contributed by atoms with Gasteiger partial charge in [0.25, 0.3) is 0 Å². The van der Waals surface area contributed by atoms with Gasteiger partial charge in [0.05, 0.1) is 17.8 Å². The molecule has 0 aliphatic carbocycles. The van der Waals surface area contributed by atoms with E-state index in [4.69, 9.17) is 4.74 Å². The molecule has 0 aromatic heterocycles. The molecule has 0 aliphatic heterocycles. The standard InChI is InChI=1S/C18H31NO4/c1-5-23-15(2)10-6-7-11-16(20)12-8-9-13-17(21)19-14-18(3,4)22/h6-7,9-11,13,15-16,20,22H,5,8,12,14H2,1-4H3,(H,19,21). The first-order valence-electron chi connectivity index (χ1n) is 8.06. The van der Waals surface area contributed by atoms with Gasteiger partial charge in [-0.2, -0.15) is 0 Å². The highest BCUT2D eigenvalue weighted by Crippen LogP contribution is 2.01. The number of nitrogens with one attached hydrogen (secondary N) is 1. The zero-order valence-corrected chi connectivity index (χ0v) is 14.7. The Labute approximate surface area is 139 Å². The number of carbonyl (C=O) groups is 1. The summed E-state index contributed by atoms with van der Waals surface area (Å²) in [5, 5.41) is 21.9. The number of ether oxygens (including phenoxy) is 1. The zero-order chi connectivity index (χ0) is 17.7. The summed E-state index contributed by atoms with van der Waals surface area (Å²) in [6.07, 6.45) is 11.1. The first kappa shape index (κ1) is 21.6. The summed E-state index contributed by atoms with van der Waals surface area (Å²) in [7, 11) is 0. The van der Waals surface area contributed by atoms with Crippen LogP contribution in [0.5, 0.6) is 0 Å². The molecule has 0 rings (SSSR count). The Kier molecular flexibility index (Phi) is 11.3. The fraction of sp³-hybridized carbons (Fsp3) is 0.611.